The van der Waals surface area contributed by atoms with Gasteiger partial charge in [-0.2, -0.15) is 0 Å². The Morgan fingerprint density at radius 1 is 0.857 bits per heavy atom. The fraction of sp³-hybridized carbons (Fsp3) is 0.552. The van der Waals surface area contributed by atoms with E-state index in [9.17, 15) is 4.79 Å². The van der Waals surface area contributed by atoms with Crippen LogP contribution in [-0.4, -0.2) is 77.7 Å². The van der Waals surface area contributed by atoms with Gasteiger partial charge in [0.2, 0.25) is 0 Å². The number of piperazine rings is 2. The molecule has 0 radical (unpaired) electrons. The van der Waals surface area contributed by atoms with E-state index in [1.54, 1.807) is 0 Å². The number of carbonyl (C=O) groups excluding carboxylic acids is 1. The summed E-state index contributed by atoms with van der Waals surface area (Å²) in [6, 6.07) is 22.2. The van der Waals surface area contributed by atoms with Crippen molar-refractivity contribution >= 4 is 6.09 Å². The molecule has 0 aromatic heterocycles. The normalized spacial score (nSPS) is 21.7. The van der Waals surface area contributed by atoms with Gasteiger partial charge in [0.15, 0.2) is 0 Å². The third-order valence-electron chi connectivity index (χ3n) is 6.51. The van der Waals surface area contributed by atoms with Gasteiger partial charge in [0.25, 0.3) is 0 Å². The minimum atomic E-state index is -0.429. The summed E-state index contributed by atoms with van der Waals surface area (Å²) in [6.07, 6.45) is -0.200. The molecule has 0 spiro atoms. The number of hydrogen-bond acceptors (Lipinski definition) is 5. The average molecular weight is 481 g/mol. The van der Waals surface area contributed by atoms with E-state index >= 15 is 0 Å². The molecule has 2 aliphatic rings. The summed E-state index contributed by atoms with van der Waals surface area (Å²) in [7, 11) is 0. The Labute approximate surface area is 212 Å². The summed E-state index contributed by atoms with van der Waals surface area (Å²) >= 11 is 0. The Hall–Kier alpha value is -2.41. The molecule has 0 bridgehead atoms. The first-order valence-electron chi connectivity index (χ1n) is 13.0. The molecule has 1 amide bonds. The molecule has 4 rings (SSSR count). The van der Waals surface area contributed by atoms with Crippen molar-refractivity contribution in [2.24, 2.45) is 0 Å². The molecule has 2 aliphatic heterocycles. The van der Waals surface area contributed by atoms with E-state index in [4.69, 9.17) is 4.74 Å². The fourth-order valence-electron chi connectivity index (χ4n) is 4.48. The second-order valence-corrected chi connectivity index (χ2v) is 10.7. The molecule has 192 valence electrons. The minimum absolute atomic E-state index is 0.200. The van der Waals surface area contributed by atoms with Gasteiger partial charge in [0.1, 0.15) is 5.60 Å². The van der Waals surface area contributed by atoms with Crippen molar-refractivity contribution in [3.63, 3.8) is 0 Å². The van der Waals surface area contributed by atoms with E-state index < -0.39 is 5.60 Å². The Kier molecular flexibility index (Phi) is 10.1. The summed E-state index contributed by atoms with van der Waals surface area (Å²) in [5, 5.41) is 3.41. The summed E-state index contributed by atoms with van der Waals surface area (Å²) in [5.74, 6) is 0. The lowest BCUT2D eigenvalue weighted by molar-refractivity contribution is 0.00461. The van der Waals surface area contributed by atoms with Gasteiger partial charge >= 0.3 is 6.09 Å². The predicted octanol–water partition coefficient (Wildman–Crippen LogP) is 4.61. The van der Waals surface area contributed by atoms with E-state index in [1.807, 2.05) is 31.7 Å². The third-order valence-corrected chi connectivity index (χ3v) is 6.51. The first kappa shape index (κ1) is 27.2. The van der Waals surface area contributed by atoms with Crippen LogP contribution in [0.25, 0.3) is 0 Å². The first-order valence-corrected chi connectivity index (χ1v) is 13.0. The third kappa shape index (κ3) is 9.28. The molecule has 2 fully saturated rings. The van der Waals surface area contributed by atoms with Crippen molar-refractivity contribution in [2.45, 2.75) is 65.4 Å². The molecule has 0 aliphatic carbocycles. The van der Waals surface area contributed by atoms with Gasteiger partial charge in [0, 0.05) is 64.4 Å². The standard InChI is InChI=1S/C17H26N2O2.C12H18N2/c1-14-12-19(16(20)21-17(2,3)4)11-10-18(14)13-15-8-6-5-7-9-15;1-11-9-13-7-8-14(11)10-12-5-3-2-4-6-12/h5-9,14H,10-13H2,1-4H3;2-6,11,13H,7-10H2,1H3. The molecule has 2 heterocycles. The molecule has 2 atom stereocenters. The topological polar surface area (TPSA) is 48.1 Å². The maximum absolute atomic E-state index is 12.1. The van der Waals surface area contributed by atoms with Gasteiger partial charge in [-0.25, -0.2) is 4.79 Å². The largest absolute Gasteiger partial charge is 0.444 e. The monoisotopic (exact) mass is 480 g/mol. The smallest absolute Gasteiger partial charge is 0.410 e. The Bertz CT molecular complexity index is 885. The fourth-order valence-corrected chi connectivity index (χ4v) is 4.48. The minimum Gasteiger partial charge on any atom is -0.444 e. The van der Waals surface area contributed by atoms with E-state index in [1.165, 1.54) is 11.1 Å². The molecule has 2 aromatic rings. The van der Waals surface area contributed by atoms with Crippen molar-refractivity contribution < 1.29 is 9.53 Å². The quantitative estimate of drug-likeness (QED) is 0.693. The van der Waals surface area contributed by atoms with Crippen LogP contribution in [0.2, 0.25) is 0 Å². The number of carbonyl (C=O) groups is 1. The highest BCUT2D eigenvalue weighted by Crippen LogP contribution is 2.17. The van der Waals surface area contributed by atoms with Crippen LogP contribution in [0.5, 0.6) is 0 Å². The van der Waals surface area contributed by atoms with Crippen molar-refractivity contribution in [2.75, 3.05) is 39.3 Å². The lowest BCUT2D eigenvalue weighted by Gasteiger charge is -2.40. The van der Waals surface area contributed by atoms with Crippen molar-refractivity contribution in [3.8, 4) is 0 Å². The lowest BCUT2D eigenvalue weighted by atomic mass is 10.1. The van der Waals surface area contributed by atoms with Crippen LogP contribution in [-0.2, 0) is 17.8 Å². The van der Waals surface area contributed by atoms with Crippen LogP contribution >= 0.6 is 0 Å². The number of benzene rings is 2. The zero-order valence-corrected chi connectivity index (χ0v) is 22.2. The number of nitrogens with zero attached hydrogens (tertiary/aromatic N) is 3. The zero-order valence-electron chi connectivity index (χ0n) is 22.2. The van der Waals surface area contributed by atoms with Crippen LogP contribution in [0.1, 0.15) is 45.7 Å². The van der Waals surface area contributed by atoms with E-state index in [0.29, 0.717) is 12.1 Å². The maximum Gasteiger partial charge on any atom is 0.410 e. The summed E-state index contributed by atoms with van der Waals surface area (Å²) < 4.78 is 5.45. The molecular weight excluding hydrogens is 436 g/mol. The van der Waals surface area contributed by atoms with Gasteiger partial charge in [-0.05, 0) is 45.7 Å². The molecule has 2 unspecified atom stereocenters. The molecule has 0 saturated carbocycles. The van der Waals surface area contributed by atoms with Crippen molar-refractivity contribution in [1.82, 2.24) is 20.0 Å². The van der Waals surface area contributed by atoms with Gasteiger partial charge in [-0.15, -0.1) is 0 Å². The molecule has 6 nitrogen and oxygen atoms in total. The summed E-state index contributed by atoms with van der Waals surface area (Å²) in [5.41, 5.74) is 2.30. The summed E-state index contributed by atoms with van der Waals surface area (Å²) in [6.45, 7) is 17.9. The van der Waals surface area contributed by atoms with Gasteiger partial charge in [-0.1, -0.05) is 60.7 Å². The molecule has 6 heteroatoms. The molecule has 2 saturated heterocycles. The van der Waals surface area contributed by atoms with Crippen LogP contribution < -0.4 is 5.32 Å². The van der Waals surface area contributed by atoms with E-state index in [-0.39, 0.29) is 6.09 Å². The number of amides is 1. The Balaban J connectivity index is 0.000000211. The predicted molar refractivity (Wildman–Crippen MR) is 143 cm³/mol. The summed E-state index contributed by atoms with van der Waals surface area (Å²) in [4.78, 5) is 18.9. The molecule has 2 aromatic carbocycles. The van der Waals surface area contributed by atoms with Crippen LogP contribution in [0.15, 0.2) is 60.7 Å². The average Bonchev–Trinajstić information content (AvgIpc) is 2.83. The van der Waals surface area contributed by atoms with Crippen molar-refractivity contribution in [1.29, 1.82) is 0 Å². The number of ether oxygens (including phenoxy) is 1. The van der Waals surface area contributed by atoms with Crippen molar-refractivity contribution in [3.05, 3.63) is 71.8 Å². The van der Waals surface area contributed by atoms with Crippen LogP contribution in [0, 0.1) is 0 Å². The highest BCUT2D eigenvalue weighted by Gasteiger charge is 2.29. The second-order valence-electron chi connectivity index (χ2n) is 10.7. The zero-order chi connectivity index (χ0) is 25.3. The Morgan fingerprint density at radius 3 is 1.89 bits per heavy atom. The van der Waals surface area contributed by atoms with E-state index in [2.05, 4.69) is 83.6 Å². The first-order chi connectivity index (χ1) is 16.7. The SMILES string of the molecule is CC1CN(C(=O)OC(C)(C)C)CCN1Cc1ccccc1.CC1CNCCN1Cc1ccccc1. The van der Waals surface area contributed by atoms with E-state index in [0.717, 1.165) is 52.4 Å². The van der Waals surface area contributed by atoms with Gasteiger partial charge in [0.05, 0.1) is 0 Å². The maximum atomic E-state index is 12.1. The number of hydrogen-bond donors (Lipinski definition) is 1. The van der Waals surface area contributed by atoms with Crippen LogP contribution in [0.4, 0.5) is 4.79 Å². The molecule has 1 N–H and O–H groups in total. The van der Waals surface area contributed by atoms with Gasteiger partial charge < -0.3 is 15.0 Å². The van der Waals surface area contributed by atoms with Crippen LogP contribution in [0.3, 0.4) is 0 Å². The molecule has 35 heavy (non-hydrogen) atoms. The second kappa shape index (κ2) is 13.1. The highest BCUT2D eigenvalue weighted by molar-refractivity contribution is 5.68. The number of nitrogens with one attached hydrogen (secondary N) is 1. The highest BCUT2D eigenvalue weighted by atomic mass is 16.6. The Morgan fingerprint density at radius 2 is 1.40 bits per heavy atom. The lowest BCUT2D eigenvalue weighted by Crippen LogP contribution is -2.54. The number of rotatable bonds is 4. The van der Waals surface area contributed by atoms with Gasteiger partial charge in [-0.3, -0.25) is 9.80 Å². The molecular formula is C29H44N4O2.